The summed E-state index contributed by atoms with van der Waals surface area (Å²) in [5.41, 5.74) is 4.01. The minimum absolute atomic E-state index is 0.120. The van der Waals surface area contributed by atoms with Crippen LogP contribution in [0.15, 0.2) is 24.3 Å². The first-order valence-corrected chi connectivity index (χ1v) is 6.59. The number of methoxy groups -OCH3 is 2. The van der Waals surface area contributed by atoms with Crippen LogP contribution in [0.5, 0.6) is 0 Å². The number of hydrogen-bond acceptors (Lipinski definition) is 5. The van der Waals surface area contributed by atoms with Gasteiger partial charge in [0.1, 0.15) is 5.82 Å². The Kier molecular flexibility index (Phi) is 2.80. The van der Waals surface area contributed by atoms with E-state index in [-0.39, 0.29) is 5.84 Å². The molecule has 3 N–H and O–H groups in total. The smallest absolute Gasteiger partial charge is 0.317 e. The summed E-state index contributed by atoms with van der Waals surface area (Å²) in [6.45, 7) is 0. The molecule has 3 rings (SSSR count). The number of rotatable bonds is 3. The number of nitrogens with two attached hydrogens (primary N) is 1. The summed E-state index contributed by atoms with van der Waals surface area (Å²) >= 11 is 0. The van der Waals surface area contributed by atoms with Crippen molar-refractivity contribution in [1.29, 1.82) is 10.5 Å². The number of benzene rings is 1. The maximum Gasteiger partial charge on any atom is 0.342 e. The monoisotopic (exact) mass is 301 g/mol. The van der Waals surface area contributed by atoms with Gasteiger partial charge in [0.15, 0.2) is 10.8 Å². The fourth-order valence-corrected chi connectivity index (χ4v) is 3.77. The number of amidine groups is 1. The minimum Gasteiger partial charge on any atom is -0.317 e. The molecule has 22 heavy (non-hydrogen) atoms. The van der Waals surface area contributed by atoms with Gasteiger partial charge in [0.2, 0.25) is 0 Å². The minimum atomic E-state index is -1.53. The highest BCUT2D eigenvalue weighted by molar-refractivity contribution is 5.95. The molecule has 1 aromatic carbocycles. The highest BCUT2D eigenvalue weighted by Crippen LogP contribution is 2.78. The number of nitrogens with one attached hydrogen (secondary N) is 1. The molecule has 0 radical (unpaired) electrons. The Balaban J connectivity index is 2.23. The predicted molar refractivity (Wildman–Crippen MR) is 72.1 cm³/mol. The molecule has 0 aromatic heterocycles. The lowest BCUT2D eigenvalue weighted by atomic mass is 9.93. The van der Waals surface area contributed by atoms with E-state index in [0.717, 1.165) is 0 Å². The molecule has 1 aliphatic heterocycles. The van der Waals surface area contributed by atoms with Crippen LogP contribution in [0.4, 0.5) is 4.39 Å². The second kappa shape index (κ2) is 4.26. The SMILES string of the molecule is COC1(OC)[NH+]=C(N)[C@@]2(C#N)[C@@H](c3ccc(F)cc3)[C@@]12C#N. The molecule has 0 amide bonds. The number of halogens is 1. The van der Waals surface area contributed by atoms with E-state index < -0.39 is 28.5 Å². The molecule has 0 spiro atoms. The zero-order valence-electron chi connectivity index (χ0n) is 12.1. The zero-order chi connectivity index (χ0) is 16.2. The summed E-state index contributed by atoms with van der Waals surface area (Å²) < 4.78 is 23.9. The van der Waals surface area contributed by atoms with Gasteiger partial charge in [0.25, 0.3) is 5.84 Å². The molecule has 3 atom stereocenters. The Labute approximate surface area is 126 Å². The number of ether oxygens (including phenoxy) is 2. The molecule has 1 heterocycles. The van der Waals surface area contributed by atoms with Crippen LogP contribution in [0, 0.1) is 39.3 Å². The largest absolute Gasteiger partial charge is 0.342 e. The van der Waals surface area contributed by atoms with E-state index in [2.05, 4.69) is 17.1 Å². The number of nitrogens with zero attached hydrogens (tertiary/aromatic N) is 2. The maximum absolute atomic E-state index is 13.2. The summed E-state index contributed by atoms with van der Waals surface area (Å²) in [4.78, 5) is 2.79. The van der Waals surface area contributed by atoms with Gasteiger partial charge in [-0.25, -0.2) is 9.38 Å². The van der Waals surface area contributed by atoms with Crippen LogP contribution in [0.3, 0.4) is 0 Å². The molecule has 1 aliphatic carbocycles. The van der Waals surface area contributed by atoms with E-state index in [9.17, 15) is 14.9 Å². The van der Waals surface area contributed by atoms with Gasteiger partial charge < -0.3 is 9.47 Å². The molecule has 7 heteroatoms. The summed E-state index contributed by atoms with van der Waals surface area (Å²) in [6.07, 6.45) is 0. The second-order valence-electron chi connectivity index (χ2n) is 5.39. The first-order valence-electron chi connectivity index (χ1n) is 6.59. The number of fused-ring (bicyclic) bond motifs is 1. The van der Waals surface area contributed by atoms with Crippen molar-refractivity contribution in [1.82, 2.24) is 0 Å². The van der Waals surface area contributed by atoms with Gasteiger partial charge in [-0.15, -0.1) is 0 Å². The van der Waals surface area contributed by atoms with Gasteiger partial charge in [0, 0.05) is 20.1 Å². The Bertz CT molecular complexity index is 744. The van der Waals surface area contributed by atoms with Crippen LogP contribution in [-0.4, -0.2) is 26.0 Å². The lowest BCUT2D eigenvalue weighted by Crippen LogP contribution is -2.90. The third-order valence-electron chi connectivity index (χ3n) is 4.78. The number of nitriles is 2. The standard InChI is InChI=1S/C15H13FN4O2/c1-21-15(22-2)14(8-18)11(9-3-5-10(16)6-4-9)13(14,7-17)12(19)20-15/h3-6,11H,1-2H3,(H2,19,20)/p+1/t11-,13-,14-/m1/s1. The van der Waals surface area contributed by atoms with Gasteiger partial charge in [-0.3, -0.25) is 5.73 Å². The van der Waals surface area contributed by atoms with E-state index in [4.69, 9.17) is 15.2 Å². The highest BCUT2D eigenvalue weighted by Gasteiger charge is 2.96. The number of hydrogen-bond donors (Lipinski definition) is 2. The molecular formula is C15H14FN4O2+. The summed E-state index contributed by atoms with van der Waals surface area (Å²) in [5.74, 6) is -2.38. The molecular weight excluding hydrogens is 287 g/mol. The third kappa shape index (κ3) is 1.22. The Morgan fingerprint density at radius 2 is 1.77 bits per heavy atom. The lowest BCUT2D eigenvalue weighted by Gasteiger charge is -2.26. The van der Waals surface area contributed by atoms with E-state index in [0.29, 0.717) is 5.56 Å². The van der Waals surface area contributed by atoms with Crippen molar-refractivity contribution in [3.63, 3.8) is 0 Å². The van der Waals surface area contributed by atoms with Gasteiger partial charge in [-0.05, 0) is 17.7 Å². The summed E-state index contributed by atoms with van der Waals surface area (Å²) in [7, 11) is 2.74. The molecule has 2 aliphatic rings. The third-order valence-corrected chi connectivity index (χ3v) is 4.78. The predicted octanol–water partition coefficient (Wildman–Crippen LogP) is -0.659. The molecule has 0 saturated heterocycles. The van der Waals surface area contributed by atoms with E-state index in [1.165, 1.54) is 26.4 Å². The molecule has 1 saturated carbocycles. The Morgan fingerprint density at radius 3 is 2.23 bits per heavy atom. The average Bonchev–Trinajstić information content (AvgIpc) is 3.11. The average molecular weight is 301 g/mol. The van der Waals surface area contributed by atoms with Crippen LogP contribution in [0.1, 0.15) is 11.5 Å². The van der Waals surface area contributed by atoms with E-state index in [1.54, 1.807) is 12.1 Å². The maximum atomic E-state index is 13.2. The van der Waals surface area contributed by atoms with Crippen molar-refractivity contribution >= 4 is 5.84 Å². The Hall–Kier alpha value is -2.48. The van der Waals surface area contributed by atoms with Crippen LogP contribution in [-0.2, 0) is 9.47 Å². The zero-order valence-corrected chi connectivity index (χ0v) is 12.1. The second-order valence-corrected chi connectivity index (χ2v) is 5.39. The quantitative estimate of drug-likeness (QED) is 0.721. The van der Waals surface area contributed by atoms with Crippen molar-refractivity contribution in [2.24, 2.45) is 16.6 Å². The van der Waals surface area contributed by atoms with Crippen molar-refractivity contribution in [3.8, 4) is 12.1 Å². The molecule has 112 valence electrons. The summed E-state index contributed by atoms with van der Waals surface area (Å²) in [5, 5.41) is 19.5. The van der Waals surface area contributed by atoms with Crippen LogP contribution in [0.25, 0.3) is 0 Å². The van der Waals surface area contributed by atoms with Crippen molar-refractivity contribution in [2.45, 2.75) is 11.8 Å². The van der Waals surface area contributed by atoms with E-state index in [1.807, 2.05) is 0 Å². The van der Waals surface area contributed by atoms with Crippen LogP contribution in [0.2, 0.25) is 0 Å². The highest BCUT2D eigenvalue weighted by atomic mass is 19.1. The van der Waals surface area contributed by atoms with Crippen molar-refractivity contribution in [3.05, 3.63) is 35.6 Å². The van der Waals surface area contributed by atoms with Crippen LogP contribution < -0.4 is 10.7 Å². The first kappa shape index (κ1) is 14.5. The first-order chi connectivity index (χ1) is 10.5. The normalized spacial score (nSPS) is 34.2. The molecule has 1 aromatic rings. The van der Waals surface area contributed by atoms with Gasteiger partial charge in [-0.2, -0.15) is 10.5 Å². The topological polar surface area (TPSA) is 106 Å². The fourth-order valence-electron chi connectivity index (χ4n) is 3.77. The van der Waals surface area contributed by atoms with Crippen LogP contribution >= 0.6 is 0 Å². The molecule has 0 unspecified atom stereocenters. The van der Waals surface area contributed by atoms with Gasteiger partial charge in [0.05, 0.1) is 12.1 Å². The van der Waals surface area contributed by atoms with E-state index >= 15 is 0 Å². The summed E-state index contributed by atoms with van der Waals surface area (Å²) in [6, 6.07) is 9.95. The molecule has 0 bridgehead atoms. The van der Waals surface area contributed by atoms with Gasteiger partial charge in [-0.1, -0.05) is 12.1 Å². The Morgan fingerprint density at radius 1 is 1.18 bits per heavy atom. The van der Waals surface area contributed by atoms with Crippen molar-refractivity contribution < 1.29 is 18.9 Å². The van der Waals surface area contributed by atoms with Gasteiger partial charge >= 0.3 is 5.91 Å². The lowest BCUT2D eigenvalue weighted by molar-refractivity contribution is -0.687. The van der Waals surface area contributed by atoms with Crippen molar-refractivity contribution in [2.75, 3.05) is 14.2 Å². The molecule has 6 nitrogen and oxygen atoms in total. The molecule has 1 fully saturated rings. The fraction of sp³-hybridized carbons (Fsp3) is 0.400.